The number of amides is 1. The third kappa shape index (κ3) is 3.34. The van der Waals surface area contributed by atoms with Crippen LogP contribution in [0.3, 0.4) is 0 Å². The van der Waals surface area contributed by atoms with Gasteiger partial charge in [-0.1, -0.05) is 0 Å². The van der Waals surface area contributed by atoms with Crippen LogP contribution in [0.2, 0.25) is 0 Å². The highest BCUT2D eigenvalue weighted by Crippen LogP contribution is 2.05. The molecule has 0 aromatic carbocycles. The van der Waals surface area contributed by atoms with Gasteiger partial charge in [-0.15, -0.1) is 0 Å². The zero-order chi connectivity index (χ0) is 14.5. The van der Waals surface area contributed by atoms with Crippen LogP contribution >= 0.6 is 0 Å². The van der Waals surface area contributed by atoms with Crippen LogP contribution in [-0.2, 0) is 24.9 Å². The van der Waals surface area contributed by atoms with Crippen LogP contribution in [-0.4, -0.2) is 25.5 Å². The fourth-order valence-electron chi connectivity index (χ4n) is 1.77. The van der Waals surface area contributed by atoms with Crippen molar-refractivity contribution in [2.75, 3.05) is 0 Å². The molecule has 0 aliphatic carbocycles. The van der Waals surface area contributed by atoms with E-state index in [0.717, 1.165) is 23.4 Å². The van der Waals surface area contributed by atoms with Gasteiger partial charge < -0.3 is 5.32 Å². The van der Waals surface area contributed by atoms with Crippen molar-refractivity contribution in [3.05, 3.63) is 41.5 Å². The molecule has 1 N–H and O–H groups in total. The van der Waals surface area contributed by atoms with Gasteiger partial charge in [-0.25, -0.2) is 0 Å². The quantitative estimate of drug-likeness (QED) is 0.834. The highest BCUT2D eigenvalue weighted by molar-refractivity contribution is 5.91. The Labute approximate surface area is 118 Å². The van der Waals surface area contributed by atoms with Crippen molar-refractivity contribution >= 4 is 12.0 Å². The minimum absolute atomic E-state index is 0.127. The molecule has 6 nitrogen and oxygen atoms in total. The first-order chi connectivity index (χ1) is 9.60. The van der Waals surface area contributed by atoms with Crippen LogP contribution in [0.4, 0.5) is 0 Å². The molecule has 0 atom stereocenters. The molecular weight excluding hydrogens is 254 g/mol. The van der Waals surface area contributed by atoms with E-state index in [1.165, 1.54) is 6.08 Å². The monoisotopic (exact) mass is 273 g/mol. The van der Waals surface area contributed by atoms with E-state index in [1.54, 1.807) is 23.2 Å². The summed E-state index contributed by atoms with van der Waals surface area (Å²) >= 11 is 0. The standard InChI is InChI=1S/C14H19N5O/c1-4-19-10-12(7-17-19)5-6-14(20)15-8-13-9-16-18(3)11(13)2/h5-7,9-10H,4,8H2,1-3H3,(H,15,20)/b6-5-. The largest absolute Gasteiger partial charge is 0.348 e. The van der Waals surface area contributed by atoms with Gasteiger partial charge in [0.1, 0.15) is 0 Å². The lowest BCUT2D eigenvalue weighted by Crippen LogP contribution is -2.20. The molecule has 0 aliphatic rings. The third-order valence-electron chi connectivity index (χ3n) is 3.19. The summed E-state index contributed by atoms with van der Waals surface area (Å²) in [5.74, 6) is -0.127. The van der Waals surface area contributed by atoms with E-state index in [1.807, 2.05) is 31.8 Å². The minimum atomic E-state index is -0.127. The number of rotatable bonds is 5. The minimum Gasteiger partial charge on any atom is -0.348 e. The van der Waals surface area contributed by atoms with Crippen molar-refractivity contribution in [3.8, 4) is 0 Å². The van der Waals surface area contributed by atoms with Gasteiger partial charge in [0.05, 0.1) is 12.4 Å². The molecule has 0 aliphatic heterocycles. The number of carbonyl (C=O) groups excluding carboxylic acids is 1. The molecule has 20 heavy (non-hydrogen) atoms. The molecule has 0 spiro atoms. The lowest BCUT2D eigenvalue weighted by molar-refractivity contribution is -0.116. The number of nitrogens with one attached hydrogen (secondary N) is 1. The fraction of sp³-hybridized carbons (Fsp3) is 0.357. The second kappa shape index (κ2) is 6.18. The Bertz CT molecular complexity index is 623. The molecule has 0 bridgehead atoms. The van der Waals surface area contributed by atoms with Crippen molar-refractivity contribution in [1.29, 1.82) is 0 Å². The summed E-state index contributed by atoms with van der Waals surface area (Å²) in [6.45, 7) is 5.30. The van der Waals surface area contributed by atoms with E-state index in [4.69, 9.17) is 0 Å². The van der Waals surface area contributed by atoms with Gasteiger partial charge in [-0.2, -0.15) is 10.2 Å². The van der Waals surface area contributed by atoms with Gasteiger partial charge in [0, 0.05) is 49.2 Å². The van der Waals surface area contributed by atoms with Gasteiger partial charge in [0.25, 0.3) is 0 Å². The van der Waals surface area contributed by atoms with Gasteiger partial charge in [-0.05, 0) is 19.9 Å². The Morgan fingerprint density at radius 3 is 2.80 bits per heavy atom. The summed E-state index contributed by atoms with van der Waals surface area (Å²) < 4.78 is 3.60. The molecule has 0 saturated heterocycles. The number of aromatic nitrogens is 4. The SMILES string of the molecule is CCn1cc(/C=C\C(=O)NCc2cnn(C)c2C)cn1. The van der Waals surface area contributed by atoms with Gasteiger partial charge >= 0.3 is 0 Å². The summed E-state index contributed by atoms with van der Waals surface area (Å²) in [6.07, 6.45) is 8.67. The van der Waals surface area contributed by atoms with E-state index >= 15 is 0 Å². The van der Waals surface area contributed by atoms with Crippen LogP contribution in [0, 0.1) is 6.92 Å². The van der Waals surface area contributed by atoms with Crippen LogP contribution in [0.1, 0.15) is 23.7 Å². The van der Waals surface area contributed by atoms with Crippen molar-refractivity contribution in [1.82, 2.24) is 24.9 Å². The highest BCUT2D eigenvalue weighted by Gasteiger charge is 2.04. The number of aryl methyl sites for hydroxylation is 2. The summed E-state index contributed by atoms with van der Waals surface area (Å²) in [5, 5.41) is 11.1. The van der Waals surface area contributed by atoms with Crippen molar-refractivity contribution in [2.45, 2.75) is 26.9 Å². The first-order valence-corrected chi connectivity index (χ1v) is 6.56. The summed E-state index contributed by atoms with van der Waals surface area (Å²) in [5.41, 5.74) is 2.99. The summed E-state index contributed by atoms with van der Waals surface area (Å²) in [4.78, 5) is 11.7. The molecule has 2 aromatic rings. The normalized spacial score (nSPS) is 11.2. The first-order valence-electron chi connectivity index (χ1n) is 6.56. The molecular formula is C14H19N5O. The third-order valence-corrected chi connectivity index (χ3v) is 3.19. The van der Waals surface area contributed by atoms with E-state index in [9.17, 15) is 4.79 Å². The lowest BCUT2D eigenvalue weighted by atomic mass is 10.2. The Kier molecular flexibility index (Phi) is 4.34. The van der Waals surface area contributed by atoms with Gasteiger partial charge in [0.15, 0.2) is 0 Å². The summed E-state index contributed by atoms with van der Waals surface area (Å²) in [7, 11) is 1.88. The van der Waals surface area contributed by atoms with Gasteiger partial charge in [-0.3, -0.25) is 14.2 Å². The van der Waals surface area contributed by atoms with E-state index in [2.05, 4.69) is 15.5 Å². The molecule has 0 saturated carbocycles. The molecule has 0 fully saturated rings. The van der Waals surface area contributed by atoms with Crippen molar-refractivity contribution < 1.29 is 4.79 Å². The molecule has 1 amide bonds. The molecule has 2 rings (SSSR count). The molecule has 0 unspecified atom stereocenters. The number of carbonyl (C=O) groups is 1. The highest BCUT2D eigenvalue weighted by atomic mass is 16.1. The molecule has 0 radical (unpaired) electrons. The Balaban J connectivity index is 1.87. The second-order valence-electron chi connectivity index (χ2n) is 4.56. The first kappa shape index (κ1) is 14.0. The smallest absolute Gasteiger partial charge is 0.244 e. The van der Waals surface area contributed by atoms with E-state index in [-0.39, 0.29) is 5.91 Å². The van der Waals surface area contributed by atoms with E-state index < -0.39 is 0 Å². The zero-order valence-corrected chi connectivity index (χ0v) is 12.0. The van der Waals surface area contributed by atoms with Crippen LogP contribution in [0.25, 0.3) is 6.08 Å². The topological polar surface area (TPSA) is 64.7 Å². The Hall–Kier alpha value is -2.37. The zero-order valence-electron chi connectivity index (χ0n) is 12.0. The average Bonchev–Trinajstić information content (AvgIpc) is 3.03. The maximum Gasteiger partial charge on any atom is 0.244 e. The van der Waals surface area contributed by atoms with Crippen molar-refractivity contribution in [3.63, 3.8) is 0 Å². The molecule has 6 heteroatoms. The summed E-state index contributed by atoms with van der Waals surface area (Å²) in [6, 6.07) is 0. The number of hydrogen-bond acceptors (Lipinski definition) is 3. The molecule has 106 valence electrons. The average molecular weight is 273 g/mol. The van der Waals surface area contributed by atoms with Crippen LogP contribution in [0.5, 0.6) is 0 Å². The number of hydrogen-bond donors (Lipinski definition) is 1. The Morgan fingerprint density at radius 1 is 1.40 bits per heavy atom. The predicted octanol–water partition coefficient (Wildman–Crippen LogP) is 1.27. The molecule has 2 heterocycles. The maximum absolute atomic E-state index is 11.7. The van der Waals surface area contributed by atoms with Crippen LogP contribution < -0.4 is 5.32 Å². The fourth-order valence-corrected chi connectivity index (χ4v) is 1.77. The van der Waals surface area contributed by atoms with Crippen molar-refractivity contribution in [2.24, 2.45) is 7.05 Å². The second-order valence-corrected chi connectivity index (χ2v) is 4.56. The molecule has 2 aromatic heterocycles. The Morgan fingerprint density at radius 2 is 2.20 bits per heavy atom. The predicted molar refractivity (Wildman–Crippen MR) is 76.7 cm³/mol. The van der Waals surface area contributed by atoms with Crippen LogP contribution in [0.15, 0.2) is 24.7 Å². The number of nitrogens with zero attached hydrogens (tertiary/aromatic N) is 4. The lowest BCUT2D eigenvalue weighted by Gasteiger charge is -2.01. The maximum atomic E-state index is 11.7. The van der Waals surface area contributed by atoms with Gasteiger partial charge in [0.2, 0.25) is 5.91 Å². The van der Waals surface area contributed by atoms with E-state index in [0.29, 0.717) is 6.54 Å².